The minimum Gasteiger partial charge on any atom is -0.504 e. The van der Waals surface area contributed by atoms with Gasteiger partial charge >= 0.3 is 11.9 Å². The molecule has 0 amide bonds. The van der Waals surface area contributed by atoms with E-state index in [1.54, 1.807) is 0 Å². The molecular formula is C30H34O16. The van der Waals surface area contributed by atoms with E-state index in [4.69, 9.17) is 33.2 Å². The Bertz CT molecular complexity index is 1460. The van der Waals surface area contributed by atoms with Crippen LogP contribution in [0.2, 0.25) is 0 Å². The van der Waals surface area contributed by atoms with E-state index in [0.717, 1.165) is 6.08 Å². The normalized spacial score (nSPS) is 31.8. The summed E-state index contributed by atoms with van der Waals surface area (Å²) in [4.78, 5) is 26.3. The molecular weight excluding hydrogens is 616 g/mol. The van der Waals surface area contributed by atoms with E-state index >= 15 is 0 Å². The number of phenols is 1. The Morgan fingerprint density at radius 1 is 0.826 bits per heavy atom. The summed E-state index contributed by atoms with van der Waals surface area (Å²) in [7, 11) is 2.70. The van der Waals surface area contributed by atoms with E-state index in [9.17, 15) is 45.3 Å². The van der Waals surface area contributed by atoms with Gasteiger partial charge in [0.1, 0.15) is 48.6 Å². The van der Waals surface area contributed by atoms with Gasteiger partial charge < -0.3 is 68.9 Å². The summed E-state index contributed by atoms with van der Waals surface area (Å²) in [5.41, 5.74) is 0.951. The van der Waals surface area contributed by atoms with Crippen LogP contribution < -0.4 is 14.2 Å². The molecule has 2 aromatic carbocycles. The predicted molar refractivity (Wildman–Crippen MR) is 151 cm³/mol. The predicted octanol–water partition coefficient (Wildman–Crippen LogP) is -1.40. The average Bonchev–Trinajstić information content (AvgIpc) is 3.66. The van der Waals surface area contributed by atoms with Crippen LogP contribution in [0.25, 0.3) is 6.08 Å². The second kappa shape index (κ2) is 13.8. The minimum absolute atomic E-state index is 0.0934. The van der Waals surface area contributed by atoms with Gasteiger partial charge in [-0.2, -0.15) is 0 Å². The molecule has 46 heavy (non-hydrogen) atoms. The number of hydrogen-bond acceptors (Lipinski definition) is 16. The zero-order valence-corrected chi connectivity index (χ0v) is 24.5. The fourth-order valence-corrected chi connectivity index (χ4v) is 5.42. The van der Waals surface area contributed by atoms with Crippen molar-refractivity contribution in [3.05, 3.63) is 53.1 Å². The maximum absolute atomic E-state index is 13.8. The smallest absolute Gasteiger partial charge is 0.333 e. The quantitative estimate of drug-likeness (QED) is 0.116. The molecule has 0 bridgehead atoms. The summed E-state index contributed by atoms with van der Waals surface area (Å²) < 4.78 is 37.9. The molecule has 0 spiro atoms. The van der Waals surface area contributed by atoms with Crippen LogP contribution >= 0.6 is 0 Å². The van der Waals surface area contributed by atoms with Crippen LogP contribution in [0.4, 0.5) is 0 Å². The Kier molecular flexibility index (Phi) is 9.99. The van der Waals surface area contributed by atoms with Gasteiger partial charge in [-0.05, 0) is 41.5 Å². The highest BCUT2D eigenvalue weighted by molar-refractivity contribution is 5.88. The van der Waals surface area contributed by atoms with Crippen LogP contribution in [0, 0.1) is 0 Å². The molecule has 7 N–H and O–H groups in total. The zero-order valence-electron chi connectivity index (χ0n) is 24.5. The first-order valence-corrected chi connectivity index (χ1v) is 14.1. The molecule has 5 rings (SSSR count). The first-order valence-electron chi connectivity index (χ1n) is 14.1. The van der Waals surface area contributed by atoms with Crippen LogP contribution in [0.1, 0.15) is 28.7 Å². The maximum atomic E-state index is 13.8. The first kappa shape index (κ1) is 33.4. The van der Waals surface area contributed by atoms with Crippen molar-refractivity contribution in [1.29, 1.82) is 0 Å². The molecule has 2 fully saturated rings. The largest absolute Gasteiger partial charge is 0.504 e. The number of rotatable bonds is 10. The number of fused-ring (bicyclic) bond motifs is 1. The second-order valence-corrected chi connectivity index (χ2v) is 10.7. The van der Waals surface area contributed by atoms with Gasteiger partial charge in [0, 0.05) is 11.6 Å². The number of benzene rings is 2. The minimum atomic E-state index is -1.65. The van der Waals surface area contributed by atoms with Gasteiger partial charge in [-0.15, -0.1) is 0 Å². The molecule has 250 valence electrons. The van der Waals surface area contributed by atoms with Crippen LogP contribution in [-0.4, -0.2) is 124 Å². The van der Waals surface area contributed by atoms with Gasteiger partial charge in [-0.1, -0.05) is 6.07 Å². The number of aliphatic hydroxyl groups excluding tert-OH is 6. The lowest BCUT2D eigenvalue weighted by Crippen LogP contribution is -2.36. The molecule has 0 aromatic heterocycles. The number of carbonyl (C=O) groups excluding carboxylic acids is 2. The van der Waals surface area contributed by atoms with Crippen molar-refractivity contribution >= 4 is 18.0 Å². The number of esters is 2. The van der Waals surface area contributed by atoms with Crippen LogP contribution in [0.15, 0.2) is 36.4 Å². The molecule has 16 nitrogen and oxygen atoms in total. The number of phenolic OH excluding ortho intramolecular Hbond substituents is 1. The highest BCUT2D eigenvalue weighted by Crippen LogP contribution is 2.52. The monoisotopic (exact) mass is 650 g/mol. The number of aromatic hydroxyl groups is 1. The lowest BCUT2D eigenvalue weighted by molar-refractivity contribution is -0.192. The summed E-state index contributed by atoms with van der Waals surface area (Å²) in [6, 6.07) is 7.32. The zero-order chi connectivity index (χ0) is 33.3. The molecule has 0 radical (unpaired) electrons. The van der Waals surface area contributed by atoms with Gasteiger partial charge in [0.05, 0.1) is 27.4 Å². The molecule has 10 atom stereocenters. The number of ether oxygens (including phenoxy) is 7. The molecule has 3 aliphatic heterocycles. The summed E-state index contributed by atoms with van der Waals surface area (Å²) >= 11 is 0. The second-order valence-electron chi connectivity index (χ2n) is 10.7. The summed E-state index contributed by atoms with van der Waals surface area (Å²) in [5, 5.41) is 69.2. The third-order valence-electron chi connectivity index (χ3n) is 7.87. The van der Waals surface area contributed by atoms with Crippen molar-refractivity contribution in [2.75, 3.05) is 27.4 Å². The van der Waals surface area contributed by atoms with E-state index < -0.39 is 86.4 Å². The van der Waals surface area contributed by atoms with Crippen molar-refractivity contribution in [1.82, 2.24) is 0 Å². The third kappa shape index (κ3) is 6.33. The third-order valence-corrected chi connectivity index (χ3v) is 7.87. The van der Waals surface area contributed by atoms with Crippen LogP contribution in [0.5, 0.6) is 23.0 Å². The van der Waals surface area contributed by atoms with Gasteiger partial charge in [-0.3, -0.25) is 4.79 Å². The number of methoxy groups -OCH3 is 2. The van der Waals surface area contributed by atoms with Gasteiger partial charge in [0.2, 0.25) is 12.6 Å². The Balaban J connectivity index is 1.45. The Hall–Kier alpha value is -4.00. The average molecular weight is 651 g/mol. The maximum Gasteiger partial charge on any atom is 0.333 e. The Morgan fingerprint density at radius 3 is 2.00 bits per heavy atom. The SMILES string of the molecule is COc1cc([C@H]2Oc3c(OC)cc(/C=C/C(=O)O[C@@H]4O[C@@H](CO)[C@H](O)[C@H]4O)cc3[C@@H]2C(=O)O[C@@H]2O[C@@H](CO)[C@H](O)[C@H]2O)ccc1O. The van der Waals surface area contributed by atoms with E-state index in [-0.39, 0.29) is 28.6 Å². The summed E-state index contributed by atoms with van der Waals surface area (Å²) in [6.07, 6.45) is -10.4. The van der Waals surface area contributed by atoms with Gasteiger partial charge in [0.15, 0.2) is 23.0 Å². The molecule has 16 heteroatoms. The highest BCUT2D eigenvalue weighted by Gasteiger charge is 2.49. The van der Waals surface area contributed by atoms with Crippen molar-refractivity contribution in [2.24, 2.45) is 0 Å². The Labute approximate surface area is 261 Å². The lowest BCUT2D eigenvalue weighted by atomic mass is 9.89. The summed E-state index contributed by atoms with van der Waals surface area (Å²) in [6.45, 7) is -1.24. The fourth-order valence-electron chi connectivity index (χ4n) is 5.42. The van der Waals surface area contributed by atoms with Crippen LogP contribution in [-0.2, 0) is 28.5 Å². The lowest BCUT2D eigenvalue weighted by Gasteiger charge is -2.22. The molecule has 0 unspecified atom stereocenters. The molecule has 3 aliphatic rings. The molecule has 2 saturated heterocycles. The molecule has 0 aliphatic carbocycles. The number of hydrogen-bond donors (Lipinski definition) is 7. The van der Waals surface area contributed by atoms with E-state index in [2.05, 4.69) is 0 Å². The van der Waals surface area contributed by atoms with E-state index in [0.29, 0.717) is 11.1 Å². The highest BCUT2D eigenvalue weighted by atomic mass is 16.7. The standard InChI is InChI=1S/C30H34O16/c1-40-16-9-13(4-5-15(16)33)26-21(28(39)46-30-25(38)23(36)19(11-32)43-30)14-7-12(8-17(41-2)27(14)45-26)3-6-20(34)44-29-24(37)22(35)18(10-31)42-29/h3-9,18-19,21-26,29-33,35-38H,10-11H2,1-2H3/b6-3+/t18-,19-,21-,22-,23-,24+,25+,26+,29-,30-/m0/s1. The topological polar surface area (TPSA) is 240 Å². The van der Waals surface area contributed by atoms with Crippen molar-refractivity contribution in [3.8, 4) is 23.0 Å². The van der Waals surface area contributed by atoms with Crippen molar-refractivity contribution in [2.45, 2.75) is 61.2 Å². The van der Waals surface area contributed by atoms with E-state index in [1.807, 2.05) is 0 Å². The fraction of sp³-hybridized carbons (Fsp3) is 0.467. The molecule has 2 aromatic rings. The van der Waals surface area contributed by atoms with E-state index in [1.165, 1.54) is 50.6 Å². The van der Waals surface area contributed by atoms with Crippen molar-refractivity contribution < 1.29 is 78.5 Å². The summed E-state index contributed by atoms with van der Waals surface area (Å²) in [5.74, 6) is -2.92. The Morgan fingerprint density at radius 2 is 1.43 bits per heavy atom. The number of aliphatic hydroxyl groups is 6. The first-order chi connectivity index (χ1) is 22.0. The van der Waals surface area contributed by atoms with Gasteiger partial charge in [-0.25, -0.2) is 4.79 Å². The van der Waals surface area contributed by atoms with Gasteiger partial charge in [0.25, 0.3) is 0 Å². The van der Waals surface area contributed by atoms with Crippen molar-refractivity contribution in [3.63, 3.8) is 0 Å². The van der Waals surface area contributed by atoms with Crippen LogP contribution in [0.3, 0.4) is 0 Å². The molecule has 3 heterocycles. The molecule has 0 saturated carbocycles. The number of carbonyl (C=O) groups is 2.